The van der Waals surface area contributed by atoms with Crippen LogP contribution in [0.4, 0.5) is 0 Å². The first kappa shape index (κ1) is 17.2. The van der Waals surface area contributed by atoms with Crippen LogP contribution in [0.1, 0.15) is 18.8 Å². The maximum absolute atomic E-state index is 8.36. The van der Waals surface area contributed by atoms with Crippen LogP contribution in [0.15, 0.2) is 18.6 Å². The molecule has 2 aromatic rings. The van der Waals surface area contributed by atoms with Gasteiger partial charge in [-0.1, -0.05) is 0 Å². The predicted octanol–water partition coefficient (Wildman–Crippen LogP) is 1.27. The van der Waals surface area contributed by atoms with Crippen LogP contribution in [0.5, 0.6) is 0 Å². The molecule has 1 aliphatic rings. The number of imidazole rings is 2. The third kappa shape index (κ3) is 3.77. The fraction of sp³-hybridized carbons (Fsp3) is 0.533. The number of rotatable bonds is 4. The topological polar surface area (TPSA) is 91.4 Å². The van der Waals surface area contributed by atoms with Gasteiger partial charge in [-0.05, 0) is 13.8 Å². The second-order valence-electron chi connectivity index (χ2n) is 5.15. The van der Waals surface area contributed by atoms with Crippen molar-refractivity contribution in [1.82, 2.24) is 19.1 Å². The highest BCUT2D eigenvalue weighted by Gasteiger charge is 2.32. The monoisotopic (exact) mass is 322 g/mol. The van der Waals surface area contributed by atoms with Crippen molar-refractivity contribution in [2.75, 3.05) is 19.8 Å². The molecule has 0 radical (unpaired) electrons. The van der Waals surface area contributed by atoms with E-state index in [0.29, 0.717) is 19.8 Å². The summed E-state index contributed by atoms with van der Waals surface area (Å²) in [6.07, 6.45) is 5.86. The van der Waals surface area contributed by atoms with Crippen LogP contribution >= 0.6 is 0 Å². The van der Waals surface area contributed by atoms with Gasteiger partial charge >= 0.3 is 0 Å². The number of aryl methyl sites for hydroxylation is 2. The molecule has 1 N–H and O–H groups in total. The average Bonchev–Trinajstić information content (AvgIpc) is 3.21. The van der Waals surface area contributed by atoms with Crippen molar-refractivity contribution in [3.8, 4) is 11.5 Å². The number of carboxylic acid groups (broad SMARTS) is 1. The van der Waals surface area contributed by atoms with Crippen LogP contribution < -0.4 is 0 Å². The standard InChI is InChI=1S/C14H20N4O2.CH2O2/c1-4-20-13-9-19-8-12(13)18-6-5-15-14(18)11-7-17(3)10(2)16-11;2-1-3/h5-7,12-13H,4,8-9H2,1-3H3;1H,(H,2,3)/t12-,13-;/m0./s1. The molecule has 8 nitrogen and oxygen atoms in total. The van der Waals surface area contributed by atoms with Crippen molar-refractivity contribution in [1.29, 1.82) is 0 Å². The minimum absolute atomic E-state index is 0.0813. The summed E-state index contributed by atoms with van der Waals surface area (Å²) in [5, 5.41) is 6.89. The van der Waals surface area contributed by atoms with Gasteiger partial charge in [-0.15, -0.1) is 0 Å². The van der Waals surface area contributed by atoms with Crippen LogP contribution in [0.3, 0.4) is 0 Å². The van der Waals surface area contributed by atoms with Crippen molar-refractivity contribution in [2.45, 2.75) is 26.0 Å². The number of aromatic nitrogens is 4. The van der Waals surface area contributed by atoms with E-state index in [4.69, 9.17) is 19.4 Å². The van der Waals surface area contributed by atoms with Gasteiger partial charge in [0.1, 0.15) is 17.6 Å². The van der Waals surface area contributed by atoms with Gasteiger partial charge in [0.2, 0.25) is 0 Å². The van der Waals surface area contributed by atoms with E-state index in [9.17, 15) is 0 Å². The summed E-state index contributed by atoms with van der Waals surface area (Å²) in [5.41, 5.74) is 0.886. The molecule has 2 aromatic heterocycles. The summed E-state index contributed by atoms with van der Waals surface area (Å²) in [6.45, 7) is 5.72. The van der Waals surface area contributed by atoms with E-state index in [1.165, 1.54) is 0 Å². The van der Waals surface area contributed by atoms with E-state index in [0.717, 1.165) is 17.3 Å². The minimum atomic E-state index is -0.250. The van der Waals surface area contributed by atoms with Gasteiger partial charge in [0.25, 0.3) is 6.47 Å². The fourth-order valence-electron chi connectivity index (χ4n) is 2.60. The molecule has 8 heteroatoms. The number of carbonyl (C=O) groups is 1. The molecule has 0 spiro atoms. The Hall–Kier alpha value is -2.19. The molecule has 0 saturated carbocycles. The van der Waals surface area contributed by atoms with Gasteiger partial charge in [0.15, 0.2) is 5.82 Å². The van der Waals surface area contributed by atoms with E-state index < -0.39 is 0 Å². The summed E-state index contributed by atoms with van der Waals surface area (Å²) >= 11 is 0. The lowest BCUT2D eigenvalue weighted by Crippen LogP contribution is -2.25. The maximum Gasteiger partial charge on any atom is 0.290 e. The molecule has 1 saturated heterocycles. The van der Waals surface area contributed by atoms with Crippen molar-refractivity contribution in [3.05, 3.63) is 24.4 Å². The molecule has 23 heavy (non-hydrogen) atoms. The van der Waals surface area contributed by atoms with Crippen molar-refractivity contribution < 1.29 is 19.4 Å². The zero-order valence-corrected chi connectivity index (χ0v) is 13.5. The third-order valence-corrected chi connectivity index (χ3v) is 3.74. The molecule has 2 atom stereocenters. The largest absolute Gasteiger partial charge is 0.483 e. The van der Waals surface area contributed by atoms with E-state index in [1.54, 1.807) is 6.20 Å². The highest BCUT2D eigenvalue weighted by atomic mass is 16.5. The van der Waals surface area contributed by atoms with Crippen molar-refractivity contribution >= 4 is 6.47 Å². The predicted molar refractivity (Wildman–Crippen MR) is 83.1 cm³/mol. The number of hydrogen-bond donors (Lipinski definition) is 1. The highest BCUT2D eigenvalue weighted by molar-refractivity contribution is 5.49. The first-order valence-corrected chi connectivity index (χ1v) is 7.42. The Morgan fingerprint density at radius 1 is 1.52 bits per heavy atom. The Kier molecular flexibility index (Phi) is 5.89. The summed E-state index contributed by atoms with van der Waals surface area (Å²) in [4.78, 5) is 17.4. The van der Waals surface area contributed by atoms with Crippen molar-refractivity contribution in [3.63, 3.8) is 0 Å². The van der Waals surface area contributed by atoms with E-state index in [1.807, 2.05) is 37.9 Å². The molecule has 0 amide bonds. The Morgan fingerprint density at radius 2 is 2.26 bits per heavy atom. The van der Waals surface area contributed by atoms with Crippen LogP contribution in [-0.4, -0.2) is 56.6 Å². The van der Waals surface area contributed by atoms with Gasteiger partial charge in [-0.2, -0.15) is 0 Å². The molecule has 1 aliphatic heterocycles. The maximum atomic E-state index is 8.36. The lowest BCUT2D eigenvalue weighted by molar-refractivity contribution is -0.122. The normalized spacial score (nSPS) is 20.1. The van der Waals surface area contributed by atoms with Crippen LogP contribution in [0.2, 0.25) is 0 Å². The van der Waals surface area contributed by atoms with Gasteiger partial charge < -0.3 is 23.7 Å². The number of nitrogens with zero attached hydrogens (tertiary/aromatic N) is 4. The molecule has 0 bridgehead atoms. The lowest BCUT2D eigenvalue weighted by Gasteiger charge is -2.20. The highest BCUT2D eigenvalue weighted by Crippen LogP contribution is 2.27. The van der Waals surface area contributed by atoms with Gasteiger partial charge in [-0.25, -0.2) is 9.97 Å². The molecule has 0 aliphatic carbocycles. The number of hydrogen-bond acceptors (Lipinski definition) is 5. The SMILES string of the molecule is CCO[C@H]1COC[C@@H]1n1ccnc1-c1cn(C)c(C)n1.O=CO. The second-order valence-corrected chi connectivity index (χ2v) is 5.15. The van der Waals surface area contributed by atoms with Gasteiger partial charge in [0.05, 0.1) is 19.3 Å². The first-order chi connectivity index (χ1) is 11.1. The minimum Gasteiger partial charge on any atom is -0.483 e. The number of ether oxygens (including phenoxy) is 2. The summed E-state index contributed by atoms with van der Waals surface area (Å²) < 4.78 is 15.4. The smallest absolute Gasteiger partial charge is 0.290 e. The van der Waals surface area contributed by atoms with Crippen LogP contribution in [-0.2, 0) is 21.3 Å². The van der Waals surface area contributed by atoms with E-state index in [-0.39, 0.29) is 18.6 Å². The summed E-state index contributed by atoms with van der Waals surface area (Å²) in [5.74, 6) is 1.84. The first-order valence-electron chi connectivity index (χ1n) is 7.42. The fourth-order valence-corrected chi connectivity index (χ4v) is 2.60. The molecule has 1 fully saturated rings. The Morgan fingerprint density at radius 3 is 2.87 bits per heavy atom. The third-order valence-electron chi connectivity index (χ3n) is 3.74. The van der Waals surface area contributed by atoms with Crippen LogP contribution in [0, 0.1) is 6.92 Å². The quantitative estimate of drug-likeness (QED) is 0.852. The van der Waals surface area contributed by atoms with Crippen LogP contribution in [0.25, 0.3) is 11.5 Å². The van der Waals surface area contributed by atoms with Crippen molar-refractivity contribution in [2.24, 2.45) is 7.05 Å². The molecule has 0 unspecified atom stereocenters. The molecular formula is C15H22N4O4. The van der Waals surface area contributed by atoms with Gasteiger partial charge in [-0.3, -0.25) is 4.79 Å². The molecule has 126 valence electrons. The molecule has 3 heterocycles. The average molecular weight is 322 g/mol. The molecular weight excluding hydrogens is 300 g/mol. The Bertz CT molecular complexity index is 618. The summed E-state index contributed by atoms with van der Waals surface area (Å²) in [6, 6.07) is 0.162. The molecule has 3 rings (SSSR count). The summed E-state index contributed by atoms with van der Waals surface area (Å²) in [7, 11) is 1.99. The zero-order valence-electron chi connectivity index (χ0n) is 13.5. The zero-order chi connectivity index (χ0) is 16.8. The lowest BCUT2D eigenvalue weighted by atomic mass is 10.2. The second kappa shape index (κ2) is 7.89. The van der Waals surface area contributed by atoms with E-state index >= 15 is 0 Å². The molecule has 0 aromatic carbocycles. The Balaban J connectivity index is 0.000000595. The Labute approximate surface area is 134 Å². The van der Waals surface area contributed by atoms with Gasteiger partial charge in [0, 0.05) is 32.2 Å². The van der Waals surface area contributed by atoms with E-state index in [2.05, 4.69) is 14.5 Å².